The predicted octanol–water partition coefficient (Wildman–Crippen LogP) is 2.85. The number of carbonyl (C=O) groups excluding carboxylic acids is 3. The number of carbonyl (C=O) groups is 3. The van der Waals surface area contributed by atoms with Crippen molar-refractivity contribution >= 4 is 96.9 Å². The average molecular weight is 637 g/mol. The van der Waals surface area contributed by atoms with Gasteiger partial charge in [0.1, 0.15) is 0 Å². The maximum atomic E-state index is 11.7. The van der Waals surface area contributed by atoms with Crippen molar-refractivity contribution in [1.29, 1.82) is 0 Å². The number of hydrogen-bond donors (Lipinski definition) is 3. The number of rotatable bonds is 5. The zero-order valence-corrected chi connectivity index (χ0v) is 17.5. The van der Waals surface area contributed by atoms with E-state index < -0.39 is 17.7 Å². The van der Waals surface area contributed by atoms with E-state index in [9.17, 15) is 14.4 Å². The molecule has 1 rings (SSSR count). The molecule has 4 N–H and O–H groups in total. The third-order valence-corrected chi connectivity index (χ3v) is 5.67. The molecule has 22 heavy (non-hydrogen) atoms. The summed E-state index contributed by atoms with van der Waals surface area (Å²) in [7, 11) is 0. The standard InChI is InChI=1S/C13H10I3N3O3/c1-3-5(20)18-11-8(14)7(13(17)22)9(15)12(10(11)16)19-6(21)4-2/h3-4H,1-2H2,(H2,17,22)(H,18,20)(H,19,21). The van der Waals surface area contributed by atoms with Crippen molar-refractivity contribution in [1.82, 2.24) is 0 Å². The van der Waals surface area contributed by atoms with Gasteiger partial charge in [-0.05, 0) is 79.9 Å². The van der Waals surface area contributed by atoms with Gasteiger partial charge in [0.25, 0.3) is 5.91 Å². The number of anilines is 2. The Morgan fingerprint density at radius 3 is 1.50 bits per heavy atom. The van der Waals surface area contributed by atoms with Gasteiger partial charge in [-0.25, -0.2) is 0 Å². The monoisotopic (exact) mass is 637 g/mol. The SMILES string of the molecule is C=CC(=O)Nc1c(I)c(NC(=O)C=C)c(I)c(C(N)=O)c1I. The summed E-state index contributed by atoms with van der Waals surface area (Å²) in [6.45, 7) is 6.76. The van der Waals surface area contributed by atoms with Crippen LogP contribution < -0.4 is 16.4 Å². The number of primary amides is 1. The minimum Gasteiger partial charge on any atom is -0.366 e. The van der Waals surface area contributed by atoms with Gasteiger partial charge in [0.05, 0.1) is 27.6 Å². The van der Waals surface area contributed by atoms with Gasteiger partial charge in [0.15, 0.2) is 0 Å². The van der Waals surface area contributed by atoms with E-state index >= 15 is 0 Å². The van der Waals surface area contributed by atoms with E-state index in [1.807, 2.05) is 67.8 Å². The molecule has 0 aliphatic rings. The molecule has 3 amide bonds. The second kappa shape index (κ2) is 8.24. The number of nitrogens with two attached hydrogens (primary N) is 1. The van der Waals surface area contributed by atoms with Gasteiger partial charge < -0.3 is 16.4 Å². The molecule has 0 saturated carbocycles. The van der Waals surface area contributed by atoms with E-state index in [4.69, 9.17) is 5.73 Å². The first kappa shape index (κ1) is 19.3. The van der Waals surface area contributed by atoms with Crippen molar-refractivity contribution < 1.29 is 14.4 Å². The highest BCUT2D eigenvalue weighted by Crippen LogP contribution is 2.38. The largest absolute Gasteiger partial charge is 0.366 e. The Hall–Kier alpha value is -0.700. The summed E-state index contributed by atoms with van der Waals surface area (Å²) < 4.78 is 1.55. The predicted molar refractivity (Wildman–Crippen MR) is 111 cm³/mol. The summed E-state index contributed by atoms with van der Waals surface area (Å²) in [6.07, 6.45) is 2.21. The molecule has 1 aromatic rings. The summed E-state index contributed by atoms with van der Waals surface area (Å²) in [5.41, 5.74) is 6.41. The molecule has 0 saturated heterocycles. The lowest BCUT2D eigenvalue weighted by Crippen LogP contribution is -2.21. The zero-order valence-electron chi connectivity index (χ0n) is 11.0. The molecular weight excluding hydrogens is 627 g/mol. The van der Waals surface area contributed by atoms with E-state index in [2.05, 4.69) is 23.8 Å². The fraction of sp³-hybridized carbons (Fsp3) is 0. The lowest BCUT2D eigenvalue weighted by Gasteiger charge is -2.18. The minimum atomic E-state index is -0.659. The fourth-order valence-electron chi connectivity index (χ4n) is 1.45. The maximum absolute atomic E-state index is 11.7. The molecule has 6 nitrogen and oxygen atoms in total. The fourth-order valence-corrected chi connectivity index (χ4v) is 5.69. The van der Waals surface area contributed by atoms with Crippen LogP contribution in [0.4, 0.5) is 11.4 Å². The van der Waals surface area contributed by atoms with Crippen LogP contribution in [0.2, 0.25) is 0 Å². The summed E-state index contributed by atoms with van der Waals surface area (Å²) in [5, 5.41) is 5.24. The van der Waals surface area contributed by atoms with Gasteiger partial charge in [-0.3, -0.25) is 14.4 Å². The molecule has 0 bridgehead atoms. The van der Waals surface area contributed by atoms with Crippen LogP contribution in [0.1, 0.15) is 10.4 Å². The molecule has 116 valence electrons. The van der Waals surface area contributed by atoms with E-state index in [1.54, 1.807) is 0 Å². The second-order valence-corrected chi connectivity index (χ2v) is 7.05. The Morgan fingerprint density at radius 2 is 1.23 bits per heavy atom. The van der Waals surface area contributed by atoms with E-state index in [1.165, 1.54) is 0 Å². The zero-order chi connectivity index (χ0) is 17.0. The van der Waals surface area contributed by atoms with Crippen molar-refractivity contribution in [2.24, 2.45) is 5.73 Å². The molecule has 0 spiro atoms. The highest BCUT2D eigenvalue weighted by molar-refractivity contribution is 14.1. The molecule has 0 fully saturated rings. The number of amides is 3. The molecule has 0 heterocycles. The first-order valence-corrected chi connectivity index (χ1v) is 8.85. The van der Waals surface area contributed by atoms with Crippen molar-refractivity contribution in [3.63, 3.8) is 0 Å². The lowest BCUT2D eigenvalue weighted by molar-refractivity contribution is -0.112. The second-order valence-electron chi connectivity index (χ2n) is 3.82. The van der Waals surface area contributed by atoms with Gasteiger partial charge in [-0.1, -0.05) is 13.2 Å². The van der Waals surface area contributed by atoms with Crippen LogP contribution in [0.25, 0.3) is 0 Å². The number of nitrogens with one attached hydrogen (secondary N) is 2. The van der Waals surface area contributed by atoms with Crippen molar-refractivity contribution in [2.45, 2.75) is 0 Å². The van der Waals surface area contributed by atoms with Crippen LogP contribution in [-0.2, 0) is 9.59 Å². The topological polar surface area (TPSA) is 101 Å². The number of halogens is 3. The third-order valence-electron chi connectivity index (χ3n) is 2.43. The molecule has 0 aromatic heterocycles. The molecular formula is C13H10I3N3O3. The van der Waals surface area contributed by atoms with Crippen LogP contribution >= 0.6 is 67.8 Å². The highest BCUT2D eigenvalue weighted by atomic mass is 127. The van der Waals surface area contributed by atoms with E-state index in [0.29, 0.717) is 22.1 Å². The van der Waals surface area contributed by atoms with Crippen molar-refractivity contribution in [2.75, 3.05) is 10.6 Å². The highest BCUT2D eigenvalue weighted by Gasteiger charge is 2.24. The Labute approximate surface area is 167 Å². The van der Waals surface area contributed by atoms with Gasteiger partial charge in [0, 0.05) is 0 Å². The summed E-state index contributed by atoms with van der Waals surface area (Å²) >= 11 is 5.82. The summed E-state index contributed by atoms with van der Waals surface area (Å²) in [6, 6.07) is 0. The Bertz CT molecular complexity index is 653. The van der Waals surface area contributed by atoms with Crippen LogP contribution in [0, 0.1) is 10.7 Å². The van der Waals surface area contributed by atoms with Crippen LogP contribution in [0.3, 0.4) is 0 Å². The molecule has 0 aliphatic heterocycles. The number of hydrogen-bond acceptors (Lipinski definition) is 3. The summed E-state index contributed by atoms with van der Waals surface area (Å²) in [5.74, 6) is -1.53. The quantitative estimate of drug-likeness (QED) is 0.342. The molecule has 0 atom stereocenters. The van der Waals surface area contributed by atoms with E-state index in [-0.39, 0.29) is 5.56 Å². The molecule has 1 aromatic carbocycles. The van der Waals surface area contributed by atoms with Crippen LogP contribution in [-0.4, -0.2) is 17.7 Å². The van der Waals surface area contributed by atoms with Gasteiger partial charge in [-0.15, -0.1) is 0 Å². The van der Waals surface area contributed by atoms with Gasteiger partial charge in [-0.2, -0.15) is 0 Å². The smallest absolute Gasteiger partial charge is 0.251 e. The molecule has 0 unspecified atom stereocenters. The Morgan fingerprint density at radius 1 is 0.864 bits per heavy atom. The Balaban J connectivity index is 3.66. The Kier molecular flexibility index (Phi) is 7.24. The first-order valence-electron chi connectivity index (χ1n) is 5.61. The lowest BCUT2D eigenvalue weighted by atomic mass is 10.1. The van der Waals surface area contributed by atoms with Gasteiger partial charge >= 0.3 is 0 Å². The third kappa shape index (κ3) is 4.18. The molecule has 9 heteroatoms. The van der Waals surface area contributed by atoms with Crippen LogP contribution in [0.15, 0.2) is 25.3 Å². The van der Waals surface area contributed by atoms with E-state index in [0.717, 1.165) is 12.2 Å². The average Bonchev–Trinajstić information content (AvgIpc) is 2.47. The number of benzene rings is 1. The molecule has 0 radical (unpaired) electrons. The van der Waals surface area contributed by atoms with Crippen molar-refractivity contribution in [3.8, 4) is 0 Å². The van der Waals surface area contributed by atoms with Crippen LogP contribution in [0.5, 0.6) is 0 Å². The van der Waals surface area contributed by atoms with Crippen molar-refractivity contribution in [3.05, 3.63) is 41.6 Å². The minimum absolute atomic E-state index is 0.223. The first-order chi connectivity index (χ1) is 10.2. The normalized spacial score (nSPS) is 9.77. The molecule has 0 aliphatic carbocycles. The maximum Gasteiger partial charge on any atom is 0.251 e. The van der Waals surface area contributed by atoms with Gasteiger partial charge in [0.2, 0.25) is 11.8 Å². The summed E-state index contributed by atoms with van der Waals surface area (Å²) in [4.78, 5) is 34.9.